The number of nitrogens with zero attached hydrogens (tertiary/aromatic N) is 1. The molecule has 0 aliphatic carbocycles. The Morgan fingerprint density at radius 1 is 1.19 bits per heavy atom. The highest BCUT2D eigenvalue weighted by Gasteiger charge is 2.18. The molecule has 16 heavy (non-hydrogen) atoms. The molecular weight excluding hydrogens is 222 g/mol. The molecule has 2 aromatic carbocycles. The molecule has 0 aliphatic rings. The Morgan fingerprint density at radius 2 is 1.88 bits per heavy atom. The van der Waals surface area contributed by atoms with Crippen LogP contribution < -0.4 is 0 Å². The van der Waals surface area contributed by atoms with Crippen LogP contribution in [0.2, 0.25) is 0 Å². The molecular formula is C12H9NO2S. The lowest BCUT2D eigenvalue weighted by Gasteiger charge is -2.08. The zero-order chi connectivity index (χ0) is 11.5. The highest BCUT2D eigenvalue weighted by molar-refractivity contribution is 7.79. The fourth-order valence-electron chi connectivity index (χ4n) is 1.70. The van der Waals surface area contributed by atoms with Gasteiger partial charge in [0.2, 0.25) is 0 Å². The van der Waals surface area contributed by atoms with E-state index in [2.05, 4.69) is 0 Å². The van der Waals surface area contributed by atoms with E-state index in [0.29, 0.717) is 5.56 Å². The molecule has 0 aromatic heterocycles. The summed E-state index contributed by atoms with van der Waals surface area (Å²) in [6.45, 7) is 0. The first-order valence-electron chi connectivity index (χ1n) is 4.71. The maximum Gasteiger partial charge on any atom is 0.175 e. The molecule has 0 spiro atoms. The number of hydrogen-bond donors (Lipinski definition) is 1. The molecule has 0 bridgehead atoms. The molecule has 2 atom stereocenters. The maximum atomic E-state index is 11.1. The van der Waals surface area contributed by atoms with E-state index < -0.39 is 16.3 Å². The van der Waals surface area contributed by atoms with E-state index >= 15 is 0 Å². The first kappa shape index (κ1) is 10.8. The van der Waals surface area contributed by atoms with Crippen LogP contribution in [0.4, 0.5) is 0 Å². The summed E-state index contributed by atoms with van der Waals surface area (Å²) in [5.74, 6) is 0. The Kier molecular flexibility index (Phi) is 3.00. The van der Waals surface area contributed by atoms with Gasteiger partial charge in [-0.15, -0.1) is 0 Å². The van der Waals surface area contributed by atoms with E-state index in [0.717, 1.165) is 10.8 Å². The lowest BCUT2D eigenvalue weighted by Crippen LogP contribution is -2.03. The minimum atomic E-state index is -2.17. The quantitative estimate of drug-likeness (QED) is 0.808. The second-order valence-electron chi connectivity index (χ2n) is 3.35. The molecule has 0 saturated heterocycles. The second kappa shape index (κ2) is 4.44. The van der Waals surface area contributed by atoms with Crippen molar-refractivity contribution < 1.29 is 8.76 Å². The highest BCUT2D eigenvalue weighted by atomic mass is 32.2. The lowest BCUT2D eigenvalue weighted by molar-refractivity contribution is 0.559. The second-order valence-corrected chi connectivity index (χ2v) is 4.38. The molecule has 80 valence electrons. The van der Waals surface area contributed by atoms with Gasteiger partial charge in [-0.25, -0.2) is 4.21 Å². The third-order valence-corrected chi connectivity index (χ3v) is 3.19. The molecule has 4 heteroatoms. The maximum absolute atomic E-state index is 11.1. The summed E-state index contributed by atoms with van der Waals surface area (Å²) in [4.78, 5) is 0. The van der Waals surface area contributed by atoms with E-state index in [4.69, 9.17) is 9.81 Å². The summed E-state index contributed by atoms with van der Waals surface area (Å²) in [5.41, 5.74) is 0.599. The summed E-state index contributed by atoms with van der Waals surface area (Å²) in [7, 11) is 0. The summed E-state index contributed by atoms with van der Waals surface area (Å²) in [5, 5.41) is 9.72. The highest BCUT2D eigenvalue weighted by Crippen LogP contribution is 2.26. The van der Waals surface area contributed by atoms with E-state index in [1.165, 1.54) is 0 Å². The van der Waals surface area contributed by atoms with Gasteiger partial charge in [0.05, 0.1) is 6.07 Å². The van der Waals surface area contributed by atoms with Gasteiger partial charge in [0.15, 0.2) is 16.3 Å². The van der Waals surface area contributed by atoms with Crippen molar-refractivity contribution >= 4 is 21.9 Å². The number of fused-ring (bicyclic) bond motifs is 1. The van der Waals surface area contributed by atoms with Crippen molar-refractivity contribution in [1.82, 2.24) is 0 Å². The van der Waals surface area contributed by atoms with Crippen LogP contribution in [0.5, 0.6) is 0 Å². The summed E-state index contributed by atoms with van der Waals surface area (Å²) in [6, 6.07) is 14.8. The van der Waals surface area contributed by atoms with Crippen molar-refractivity contribution in [3.63, 3.8) is 0 Å². The molecule has 0 heterocycles. The van der Waals surface area contributed by atoms with Crippen LogP contribution in [-0.4, -0.2) is 8.76 Å². The number of nitriles is 1. The lowest BCUT2D eigenvalue weighted by atomic mass is 10.0. The summed E-state index contributed by atoms with van der Waals surface area (Å²) < 4.78 is 20.1. The number of rotatable bonds is 2. The first-order valence-corrected chi connectivity index (χ1v) is 5.88. The van der Waals surface area contributed by atoms with Gasteiger partial charge in [0.25, 0.3) is 0 Å². The van der Waals surface area contributed by atoms with Crippen molar-refractivity contribution in [1.29, 1.82) is 5.26 Å². The number of hydrogen-bond acceptors (Lipinski definition) is 2. The Labute approximate surface area is 95.6 Å². The average molecular weight is 231 g/mol. The van der Waals surface area contributed by atoms with Crippen LogP contribution in [0, 0.1) is 11.3 Å². The zero-order valence-corrected chi connectivity index (χ0v) is 9.15. The van der Waals surface area contributed by atoms with E-state index in [-0.39, 0.29) is 0 Å². The molecule has 0 fully saturated rings. The summed E-state index contributed by atoms with van der Waals surface area (Å²) in [6.07, 6.45) is 0. The predicted octanol–water partition coefficient (Wildman–Crippen LogP) is 2.63. The number of benzene rings is 2. The van der Waals surface area contributed by atoms with Crippen molar-refractivity contribution in [2.45, 2.75) is 5.25 Å². The zero-order valence-electron chi connectivity index (χ0n) is 8.33. The molecule has 3 nitrogen and oxygen atoms in total. The van der Waals surface area contributed by atoms with Crippen molar-refractivity contribution in [2.24, 2.45) is 0 Å². The van der Waals surface area contributed by atoms with Gasteiger partial charge in [-0.2, -0.15) is 5.26 Å². The summed E-state index contributed by atoms with van der Waals surface area (Å²) >= 11 is -2.17. The van der Waals surface area contributed by atoms with Crippen LogP contribution in [-0.2, 0) is 11.1 Å². The Hall–Kier alpha value is -1.70. The molecule has 1 N–H and O–H groups in total. The Morgan fingerprint density at radius 3 is 2.56 bits per heavy atom. The largest absolute Gasteiger partial charge is 0.305 e. The standard InChI is InChI=1S/C12H9NO2S/c13-8-12(16(14)15)11-7-3-5-9-4-1-2-6-10(9)11/h1-7,12H,(H,14,15)/t12-/m1/s1. The smallest absolute Gasteiger partial charge is 0.175 e. The molecule has 0 amide bonds. The fraction of sp³-hybridized carbons (Fsp3) is 0.0833. The first-order chi connectivity index (χ1) is 7.74. The van der Waals surface area contributed by atoms with Gasteiger partial charge < -0.3 is 4.55 Å². The van der Waals surface area contributed by atoms with Crippen LogP contribution >= 0.6 is 0 Å². The Balaban J connectivity index is 2.69. The SMILES string of the molecule is N#C[C@H](c1cccc2ccccc12)S(=O)O. The van der Waals surface area contributed by atoms with Gasteiger partial charge in [0.1, 0.15) is 0 Å². The molecule has 2 aromatic rings. The van der Waals surface area contributed by atoms with Crippen LogP contribution in [0.1, 0.15) is 10.8 Å². The molecule has 0 saturated carbocycles. The van der Waals surface area contributed by atoms with E-state index in [1.54, 1.807) is 12.1 Å². The van der Waals surface area contributed by atoms with Crippen LogP contribution in [0.15, 0.2) is 42.5 Å². The normalized spacial score (nSPS) is 14.2. The van der Waals surface area contributed by atoms with Crippen molar-refractivity contribution in [3.8, 4) is 6.07 Å². The van der Waals surface area contributed by atoms with Gasteiger partial charge in [0, 0.05) is 0 Å². The Bertz CT molecular complexity index is 584. The van der Waals surface area contributed by atoms with Crippen LogP contribution in [0.3, 0.4) is 0 Å². The molecule has 2 rings (SSSR count). The monoisotopic (exact) mass is 231 g/mol. The molecule has 0 aliphatic heterocycles. The van der Waals surface area contributed by atoms with Crippen molar-refractivity contribution in [3.05, 3.63) is 48.0 Å². The van der Waals surface area contributed by atoms with Gasteiger partial charge >= 0.3 is 0 Å². The topological polar surface area (TPSA) is 61.1 Å². The predicted molar refractivity (Wildman–Crippen MR) is 63.1 cm³/mol. The third kappa shape index (κ3) is 1.83. The molecule has 0 radical (unpaired) electrons. The minimum absolute atomic E-state index is 0.599. The van der Waals surface area contributed by atoms with Crippen LogP contribution in [0.25, 0.3) is 10.8 Å². The third-order valence-electron chi connectivity index (χ3n) is 2.42. The van der Waals surface area contributed by atoms with E-state index in [1.807, 2.05) is 36.4 Å². The minimum Gasteiger partial charge on any atom is -0.305 e. The fourth-order valence-corrected chi connectivity index (χ4v) is 2.22. The van der Waals surface area contributed by atoms with Gasteiger partial charge in [-0.1, -0.05) is 42.5 Å². The van der Waals surface area contributed by atoms with Gasteiger partial charge in [-0.3, -0.25) is 0 Å². The van der Waals surface area contributed by atoms with Gasteiger partial charge in [-0.05, 0) is 16.3 Å². The molecule has 1 unspecified atom stereocenters. The van der Waals surface area contributed by atoms with E-state index in [9.17, 15) is 4.21 Å². The van der Waals surface area contributed by atoms with Crippen molar-refractivity contribution in [2.75, 3.05) is 0 Å². The average Bonchev–Trinajstić information content (AvgIpc) is 2.30.